The summed E-state index contributed by atoms with van der Waals surface area (Å²) in [4.78, 5) is 34.7. The number of carbonyl (C=O) groups is 2. The average molecular weight is 364 g/mol. The summed E-state index contributed by atoms with van der Waals surface area (Å²) in [6, 6.07) is 1.89. The van der Waals surface area contributed by atoms with Gasteiger partial charge in [0.1, 0.15) is 5.56 Å². The highest BCUT2D eigenvalue weighted by Crippen LogP contribution is 2.27. The van der Waals surface area contributed by atoms with Gasteiger partial charge in [-0.05, 0) is 43.9 Å². The molecule has 0 aromatic carbocycles. The molecule has 2 N–H and O–H groups in total. The molecule has 0 fully saturated rings. The van der Waals surface area contributed by atoms with Crippen molar-refractivity contribution in [3.8, 4) is 0 Å². The van der Waals surface area contributed by atoms with Crippen LogP contribution in [0.3, 0.4) is 0 Å². The van der Waals surface area contributed by atoms with Crippen LogP contribution in [0.5, 0.6) is 0 Å². The molecule has 1 aliphatic heterocycles. The van der Waals surface area contributed by atoms with Crippen molar-refractivity contribution in [3.63, 3.8) is 0 Å². The summed E-state index contributed by atoms with van der Waals surface area (Å²) in [6.07, 6.45) is 6.74. The van der Waals surface area contributed by atoms with Crippen LogP contribution in [-0.2, 0) is 17.6 Å². The van der Waals surface area contributed by atoms with Crippen LogP contribution in [0.4, 0.5) is 5.69 Å². The number of nitrogens with zero attached hydrogens (tertiary/aromatic N) is 5. The minimum absolute atomic E-state index is 0.0807. The van der Waals surface area contributed by atoms with Crippen molar-refractivity contribution in [2.24, 2.45) is 5.73 Å². The van der Waals surface area contributed by atoms with Gasteiger partial charge in [-0.15, -0.1) is 0 Å². The van der Waals surface area contributed by atoms with Gasteiger partial charge in [0.25, 0.3) is 5.91 Å². The molecule has 0 radical (unpaired) electrons. The van der Waals surface area contributed by atoms with E-state index < -0.39 is 5.91 Å². The molecule has 0 unspecified atom stereocenters. The van der Waals surface area contributed by atoms with Gasteiger partial charge in [0, 0.05) is 42.4 Å². The van der Waals surface area contributed by atoms with E-state index in [1.807, 2.05) is 31.0 Å². The molecule has 8 heteroatoms. The summed E-state index contributed by atoms with van der Waals surface area (Å²) < 4.78 is 1.61. The maximum atomic E-state index is 12.8. The normalized spacial score (nSPS) is 13.2. The Labute approximate surface area is 156 Å². The summed E-state index contributed by atoms with van der Waals surface area (Å²) in [5.74, 6) is -0.474. The largest absolute Gasteiger partial charge is 0.365 e. The Kier molecular flexibility index (Phi) is 4.10. The molecule has 0 saturated heterocycles. The number of primary amides is 1. The smallest absolute Gasteiger partial charge is 0.254 e. The number of nitrogens with two attached hydrogens (primary N) is 1. The molecule has 0 saturated carbocycles. The quantitative estimate of drug-likeness (QED) is 0.752. The Hall–Kier alpha value is -3.29. The third-order valence-corrected chi connectivity index (χ3v) is 5.14. The highest BCUT2D eigenvalue weighted by Gasteiger charge is 2.25. The number of hydrogen-bond donors (Lipinski definition) is 1. The van der Waals surface area contributed by atoms with Crippen molar-refractivity contribution in [1.82, 2.24) is 19.6 Å². The molecule has 2 amide bonds. The molecule has 0 atom stereocenters. The molecule has 3 aromatic heterocycles. The van der Waals surface area contributed by atoms with E-state index >= 15 is 0 Å². The van der Waals surface area contributed by atoms with E-state index in [-0.39, 0.29) is 5.91 Å². The number of anilines is 1. The van der Waals surface area contributed by atoms with Gasteiger partial charge in [-0.1, -0.05) is 0 Å². The summed E-state index contributed by atoms with van der Waals surface area (Å²) >= 11 is 0. The van der Waals surface area contributed by atoms with Crippen molar-refractivity contribution in [2.45, 2.75) is 33.1 Å². The Morgan fingerprint density at radius 1 is 1.26 bits per heavy atom. The van der Waals surface area contributed by atoms with Gasteiger partial charge in [-0.2, -0.15) is 5.10 Å². The third-order valence-electron chi connectivity index (χ3n) is 5.14. The average Bonchev–Trinajstić information content (AvgIpc) is 3.25. The minimum atomic E-state index is -0.554. The second kappa shape index (κ2) is 6.46. The van der Waals surface area contributed by atoms with Gasteiger partial charge < -0.3 is 10.6 Å². The summed E-state index contributed by atoms with van der Waals surface area (Å²) in [5.41, 5.74) is 10.8. The number of fused-ring (bicyclic) bond motifs is 2. The van der Waals surface area contributed by atoms with Crippen LogP contribution >= 0.6 is 0 Å². The van der Waals surface area contributed by atoms with Gasteiger partial charge in [-0.25, -0.2) is 9.50 Å². The third kappa shape index (κ3) is 2.83. The lowest BCUT2D eigenvalue weighted by Crippen LogP contribution is -2.29. The highest BCUT2D eigenvalue weighted by atomic mass is 16.2. The number of aryl methyl sites for hydroxylation is 2. The molecule has 1 aliphatic rings. The lowest BCUT2D eigenvalue weighted by molar-refractivity contribution is -0.118. The zero-order valence-electron chi connectivity index (χ0n) is 15.3. The van der Waals surface area contributed by atoms with E-state index in [9.17, 15) is 9.59 Å². The van der Waals surface area contributed by atoms with Crippen molar-refractivity contribution >= 4 is 23.1 Å². The van der Waals surface area contributed by atoms with E-state index in [0.29, 0.717) is 30.6 Å². The van der Waals surface area contributed by atoms with Crippen LogP contribution in [0.25, 0.3) is 5.65 Å². The molecular formula is C19H20N6O2. The van der Waals surface area contributed by atoms with Crippen LogP contribution in [-0.4, -0.2) is 37.9 Å². The molecule has 27 heavy (non-hydrogen) atoms. The van der Waals surface area contributed by atoms with E-state index in [1.54, 1.807) is 10.7 Å². The fraction of sp³-hybridized carbons (Fsp3) is 0.316. The number of rotatable bonds is 4. The maximum Gasteiger partial charge on any atom is 0.254 e. The zero-order valence-corrected chi connectivity index (χ0v) is 15.3. The molecule has 0 aliphatic carbocycles. The molecular weight excluding hydrogens is 344 g/mol. The van der Waals surface area contributed by atoms with Crippen molar-refractivity contribution in [2.75, 3.05) is 11.4 Å². The van der Waals surface area contributed by atoms with Gasteiger partial charge >= 0.3 is 0 Å². The van der Waals surface area contributed by atoms with Crippen LogP contribution in [0.1, 0.15) is 39.3 Å². The number of aromatic nitrogens is 4. The number of amides is 2. The van der Waals surface area contributed by atoms with Gasteiger partial charge in [-0.3, -0.25) is 14.6 Å². The van der Waals surface area contributed by atoms with Crippen LogP contribution in [0.2, 0.25) is 0 Å². The van der Waals surface area contributed by atoms with Crippen LogP contribution < -0.4 is 10.6 Å². The first-order chi connectivity index (χ1) is 13.0. The molecule has 138 valence electrons. The molecule has 4 rings (SSSR count). The lowest BCUT2D eigenvalue weighted by atomic mass is 10.1. The lowest BCUT2D eigenvalue weighted by Gasteiger charge is -2.18. The fourth-order valence-electron chi connectivity index (χ4n) is 3.70. The first-order valence-corrected chi connectivity index (χ1v) is 8.84. The van der Waals surface area contributed by atoms with E-state index in [2.05, 4.69) is 15.1 Å². The summed E-state index contributed by atoms with van der Waals surface area (Å²) in [5, 5.41) is 4.23. The highest BCUT2D eigenvalue weighted by molar-refractivity contribution is 5.98. The molecule has 8 nitrogen and oxygen atoms in total. The van der Waals surface area contributed by atoms with Crippen LogP contribution in [0, 0.1) is 13.8 Å². The van der Waals surface area contributed by atoms with Gasteiger partial charge in [0.2, 0.25) is 5.91 Å². The van der Waals surface area contributed by atoms with E-state index in [1.165, 1.54) is 6.20 Å². The maximum absolute atomic E-state index is 12.8. The molecule has 0 bridgehead atoms. The zero-order chi connectivity index (χ0) is 19.1. The summed E-state index contributed by atoms with van der Waals surface area (Å²) in [6.45, 7) is 4.48. The Balaban J connectivity index is 1.58. The van der Waals surface area contributed by atoms with E-state index in [4.69, 9.17) is 5.73 Å². The summed E-state index contributed by atoms with van der Waals surface area (Å²) in [7, 11) is 0. The standard InChI is InChI=1S/C19H20N6O2/c1-11-14(12(2)25-19(23-11)15(10-22-25)18(20)27)3-4-17(26)24-8-6-13-9-21-7-5-16(13)24/h5,7,9-10H,3-4,6,8H2,1-2H3,(H2,20,27). The molecule has 3 aromatic rings. The number of carbonyl (C=O) groups excluding carboxylic acids is 2. The molecule has 0 spiro atoms. The number of hydrogen-bond acceptors (Lipinski definition) is 5. The van der Waals surface area contributed by atoms with Crippen LogP contribution in [0.15, 0.2) is 24.7 Å². The Morgan fingerprint density at radius 3 is 2.85 bits per heavy atom. The fourth-order valence-corrected chi connectivity index (χ4v) is 3.70. The first-order valence-electron chi connectivity index (χ1n) is 8.84. The van der Waals surface area contributed by atoms with Crippen molar-refractivity contribution < 1.29 is 9.59 Å². The topological polar surface area (TPSA) is 106 Å². The second-order valence-electron chi connectivity index (χ2n) is 6.72. The van der Waals surface area contributed by atoms with E-state index in [0.717, 1.165) is 34.6 Å². The van der Waals surface area contributed by atoms with Gasteiger partial charge in [0.15, 0.2) is 5.65 Å². The monoisotopic (exact) mass is 364 g/mol. The molecule has 4 heterocycles. The minimum Gasteiger partial charge on any atom is -0.365 e. The SMILES string of the molecule is Cc1nc2c(C(N)=O)cnn2c(C)c1CCC(=O)N1CCc2cnccc21. The number of pyridine rings is 1. The predicted molar refractivity (Wildman–Crippen MR) is 99.6 cm³/mol. The van der Waals surface area contributed by atoms with Gasteiger partial charge in [0.05, 0.1) is 6.20 Å². The Bertz CT molecular complexity index is 1070. The Morgan fingerprint density at radius 2 is 2.07 bits per heavy atom. The first kappa shape index (κ1) is 17.1. The second-order valence-corrected chi connectivity index (χ2v) is 6.72. The van der Waals surface area contributed by atoms with Crippen molar-refractivity contribution in [1.29, 1.82) is 0 Å². The predicted octanol–water partition coefficient (Wildman–Crippen LogP) is 1.36. The van der Waals surface area contributed by atoms with Crippen molar-refractivity contribution in [3.05, 3.63) is 52.7 Å².